The molecule has 1 aromatic heterocycles. The third-order valence-electron chi connectivity index (χ3n) is 6.12. The molecule has 0 radical (unpaired) electrons. The van der Waals surface area contributed by atoms with Crippen LogP contribution >= 0.6 is 11.6 Å². The molecule has 3 aromatic rings. The Bertz CT molecular complexity index is 1450. The van der Waals surface area contributed by atoms with Crippen molar-refractivity contribution < 1.29 is 33.4 Å². The SMILES string of the molecule is C[C@@H](CN1C(=O)CC(Nc2ccc(Oc3cccc(C(N)=O)n3)c(F)c2)N(Cc2ccc(Cl)cc2)C1=O)C(=O)O. The lowest BCUT2D eigenvalue weighted by Gasteiger charge is -2.41. The van der Waals surface area contributed by atoms with Gasteiger partial charge in [-0.3, -0.25) is 24.2 Å². The van der Waals surface area contributed by atoms with Gasteiger partial charge in [0.25, 0.3) is 5.91 Å². The summed E-state index contributed by atoms with van der Waals surface area (Å²) in [5.74, 6) is -4.42. The van der Waals surface area contributed by atoms with Crippen molar-refractivity contribution in [1.29, 1.82) is 0 Å². The second-order valence-corrected chi connectivity index (χ2v) is 9.55. The van der Waals surface area contributed by atoms with Crippen LogP contribution in [0.1, 0.15) is 29.4 Å². The zero-order chi connectivity index (χ0) is 29.0. The maximum absolute atomic E-state index is 15.0. The molecule has 1 saturated heterocycles. The van der Waals surface area contributed by atoms with Gasteiger partial charge in [-0.15, -0.1) is 0 Å². The molecular weight excluding hydrogens is 545 g/mol. The molecule has 2 atom stereocenters. The molecule has 1 fully saturated rings. The van der Waals surface area contributed by atoms with E-state index in [2.05, 4.69) is 10.3 Å². The third kappa shape index (κ3) is 6.64. The minimum absolute atomic E-state index is 0.0378. The van der Waals surface area contributed by atoms with E-state index >= 15 is 0 Å². The standard InChI is InChI=1S/C27H25ClFN5O6/c1-15(26(37)38)13-34-24(35)12-22(33(27(34)39)14-16-5-7-17(28)8-6-16)31-18-9-10-21(19(29)11-18)40-23-4-2-3-20(32-23)25(30)36/h2-11,15,22,31H,12-14H2,1H3,(H2,30,36)(H,37,38)/t15-,22?/m0/s1. The molecule has 4 amide bonds. The molecule has 0 aliphatic carbocycles. The average Bonchev–Trinajstić information content (AvgIpc) is 2.91. The zero-order valence-corrected chi connectivity index (χ0v) is 22.0. The predicted molar refractivity (Wildman–Crippen MR) is 142 cm³/mol. The van der Waals surface area contributed by atoms with Gasteiger partial charge in [0.05, 0.1) is 12.3 Å². The number of imide groups is 1. The van der Waals surface area contributed by atoms with Gasteiger partial charge in [-0.25, -0.2) is 14.2 Å². The number of ether oxygens (including phenoxy) is 1. The first-order chi connectivity index (χ1) is 19.0. The van der Waals surface area contributed by atoms with Crippen LogP contribution in [-0.4, -0.2) is 56.4 Å². The molecule has 11 nitrogen and oxygen atoms in total. The van der Waals surface area contributed by atoms with Crippen LogP contribution in [0.15, 0.2) is 60.7 Å². The summed E-state index contributed by atoms with van der Waals surface area (Å²) in [6.45, 7) is 1.19. The maximum atomic E-state index is 15.0. The van der Waals surface area contributed by atoms with Gasteiger partial charge in [0, 0.05) is 35.9 Å². The highest BCUT2D eigenvalue weighted by Crippen LogP contribution is 2.28. The number of urea groups is 1. The van der Waals surface area contributed by atoms with Crippen LogP contribution in [-0.2, 0) is 16.1 Å². The number of amides is 4. The number of hydrogen-bond acceptors (Lipinski definition) is 7. The molecule has 208 valence electrons. The van der Waals surface area contributed by atoms with E-state index in [-0.39, 0.29) is 42.5 Å². The number of hydrogen-bond donors (Lipinski definition) is 3. The van der Waals surface area contributed by atoms with Crippen molar-refractivity contribution in [3.05, 3.63) is 82.8 Å². The molecule has 2 heterocycles. The van der Waals surface area contributed by atoms with Crippen molar-refractivity contribution >= 4 is 41.1 Å². The summed E-state index contributed by atoms with van der Waals surface area (Å²) in [6.07, 6.45) is -1.05. The Morgan fingerprint density at radius 3 is 2.58 bits per heavy atom. The molecule has 4 rings (SSSR count). The van der Waals surface area contributed by atoms with Crippen LogP contribution in [0, 0.1) is 11.7 Å². The molecule has 4 N–H and O–H groups in total. The van der Waals surface area contributed by atoms with Crippen molar-refractivity contribution in [2.45, 2.75) is 26.1 Å². The van der Waals surface area contributed by atoms with E-state index in [1.165, 1.54) is 42.2 Å². The van der Waals surface area contributed by atoms with Crippen LogP contribution in [0.2, 0.25) is 5.02 Å². The molecule has 1 aliphatic heterocycles. The van der Waals surface area contributed by atoms with E-state index in [9.17, 15) is 28.7 Å². The number of nitrogens with zero attached hydrogens (tertiary/aromatic N) is 3. The van der Waals surface area contributed by atoms with Gasteiger partial charge in [-0.05, 0) is 35.9 Å². The summed E-state index contributed by atoms with van der Waals surface area (Å²) in [6, 6.07) is 14.3. The molecule has 1 unspecified atom stereocenters. The Labute approximate surface area is 233 Å². The van der Waals surface area contributed by atoms with Gasteiger partial charge in [0.15, 0.2) is 11.6 Å². The summed E-state index contributed by atoms with van der Waals surface area (Å²) < 4.78 is 20.4. The topological polar surface area (TPSA) is 155 Å². The Morgan fingerprint density at radius 2 is 1.93 bits per heavy atom. The van der Waals surface area contributed by atoms with Crippen LogP contribution in [0.5, 0.6) is 11.6 Å². The van der Waals surface area contributed by atoms with Crippen LogP contribution < -0.4 is 15.8 Å². The number of carboxylic acids is 1. The first-order valence-electron chi connectivity index (χ1n) is 12.1. The number of nitrogens with one attached hydrogen (secondary N) is 1. The summed E-state index contributed by atoms with van der Waals surface area (Å²) in [5, 5.41) is 12.8. The Kier molecular flexibility index (Phi) is 8.49. The van der Waals surface area contributed by atoms with Crippen LogP contribution in [0.3, 0.4) is 0 Å². The average molecular weight is 570 g/mol. The fourth-order valence-corrected chi connectivity index (χ4v) is 4.12. The molecule has 2 aromatic carbocycles. The number of carbonyl (C=O) groups is 4. The Balaban J connectivity index is 1.56. The van der Waals surface area contributed by atoms with E-state index in [4.69, 9.17) is 22.1 Å². The van der Waals surface area contributed by atoms with Gasteiger partial charge < -0.3 is 20.9 Å². The number of aromatic nitrogens is 1. The number of anilines is 1. The van der Waals surface area contributed by atoms with Gasteiger partial charge in [0.2, 0.25) is 11.8 Å². The minimum atomic E-state index is -1.14. The molecule has 40 heavy (non-hydrogen) atoms. The van der Waals surface area contributed by atoms with Crippen molar-refractivity contribution in [1.82, 2.24) is 14.8 Å². The maximum Gasteiger partial charge on any atom is 0.328 e. The van der Waals surface area contributed by atoms with E-state index in [0.29, 0.717) is 10.6 Å². The highest BCUT2D eigenvalue weighted by Gasteiger charge is 2.40. The van der Waals surface area contributed by atoms with Crippen molar-refractivity contribution in [3.8, 4) is 11.6 Å². The van der Waals surface area contributed by atoms with Crippen molar-refractivity contribution in [3.63, 3.8) is 0 Å². The van der Waals surface area contributed by atoms with Crippen molar-refractivity contribution in [2.24, 2.45) is 11.7 Å². The molecular formula is C27H25ClFN5O6. The summed E-state index contributed by atoms with van der Waals surface area (Å²) in [4.78, 5) is 55.2. The van der Waals surface area contributed by atoms with Gasteiger partial charge >= 0.3 is 12.0 Å². The Morgan fingerprint density at radius 1 is 1.20 bits per heavy atom. The lowest BCUT2D eigenvalue weighted by molar-refractivity contribution is -0.143. The Hall–Kier alpha value is -4.71. The lowest BCUT2D eigenvalue weighted by Crippen LogP contribution is -2.59. The van der Waals surface area contributed by atoms with E-state index in [1.54, 1.807) is 24.3 Å². The molecule has 0 spiro atoms. The number of benzene rings is 2. The highest BCUT2D eigenvalue weighted by atomic mass is 35.5. The van der Waals surface area contributed by atoms with E-state index in [0.717, 1.165) is 11.0 Å². The second kappa shape index (κ2) is 12.0. The number of halogens is 2. The fraction of sp³-hybridized carbons (Fsp3) is 0.222. The number of nitrogens with two attached hydrogens (primary N) is 1. The third-order valence-corrected chi connectivity index (χ3v) is 6.37. The number of pyridine rings is 1. The number of rotatable bonds is 10. The zero-order valence-electron chi connectivity index (χ0n) is 21.2. The molecule has 0 saturated carbocycles. The van der Waals surface area contributed by atoms with E-state index in [1.807, 2.05) is 0 Å². The predicted octanol–water partition coefficient (Wildman–Crippen LogP) is 4.08. The minimum Gasteiger partial charge on any atom is -0.481 e. The first kappa shape index (κ1) is 28.3. The number of aliphatic carboxylic acids is 1. The number of primary amides is 1. The smallest absolute Gasteiger partial charge is 0.328 e. The lowest BCUT2D eigenvalue weighted by atomic mass is 10.1. The number of carbonyl (C=O) groups excluding carboxylic acids is 3. The van der Waals surface area contributed by atoms with Gasteiger partial charge in [0.1, 0.15) is 11.9 Å². The van der Waals surface area contributed by atoms with Crippen LogP contribution in [0.4, 0.5) is 14.9 Å². The second-order valence-electron chi connectivity index (χ2n) is 9.12. The van der Waals surface area contributed by atoms with Gasteiger partial charge in [-0.2, -0.15) is 0 Å². The molecule has 1 aliphatic rings. The monoisotopic (exact) mass is 569 g/mol. The largest absolute Gasteiger partial charge is 0.481 e. The fourth-order valence-electron chi connectivity index (χ4n) is 3.99. The van der Waals surface area contributed by atoms with Crippen molar-refractivity contribution in [2.75, 3.05) is 11.9 Å². The van der Waals surface area contributed by atoms with E-state index < -0.39 is 41.7 Å². The van der Waals surface area contributed by atoms with Crippen LogP contribution in [0.25, 0.3) is 0 Å². The number of carboxylic acid groups (broad SMARTS) is 1. The summed E-state index contributed by atoms with van der Waals surface area (Å²) >= 11 is 5.98. The summed E-state index contributed by atoms with van der Waals surface area (Å²) in [5.41, 5.74) is 6.14. The first-order valence-corrected chi connectivity index (χ1v) is 12.5. The summed E-state index contributed by atoms with van der Waals surface area (Å²) in [7, 11) is 0. The quantitative estimate of drug-likeness (QED) is 0.330. The molecule has 13 heteroatoms. The van der Waals surface area contributed by atoms with Gasteiger partial charge in [-0.1, -0.05) is 36.7 Å². The normalized spacial score (nSPS) is 16.0. The molecule has 0 bridgehead atoms. The highest BCUT2D eigenvalue weighted by molar-refractivity contribution is 6.30.